The summed E-state index contributed by atoms with van der Waals surface area (Å²) >= 11 is 0. The summed E-state index contributed by atoms with van der Waals surface area (Å²) in [6.45, 7) is 2.36. The summed E-state index contributed by atoms with van der Waals surface area (Å²) in [5.41, 5.74) is -0.286. The van der Waals surface area contributed by atoms with Crippen LogP contribution in [0.2, 0.25) is 0 Å². The monoisotopic (exact) mass is 404 g/mol. The molecule has 1 aromatic carbocycles. The molecule has 0 bridgehead atoms. The van der Waals surface area contributed by atoms with Crippen LogP contribution in [0, 0.1) is 0 Å². The number of pyridine rings is 1. The molecular formula is C20H19F3N4O2. The van der Waals surface area contributed by atoms with Crippen LogP contribution < -0.4 is 10.9 Å². The van der Waals surface area contributed by atoms with Crippen LogP contribution in [0.15, 0.2) is 47.4 Å². The molecule has 0 saturated carbocycles. The van der Waals surface area contributed by atoms with E-state index in [-0.39, 0.29) is 12.2 Å². The number of amides is 1. The maximum absolute atomic E-state index is 12.8. The van der Waals surface area contributed by atoms with Crippen molar-refractivity contribution in [2.45, 2.75) is 39.0 Å². The highest BCUT2D eigenvalue weighted by molar-refractivity contribution is 5.93. The summed E-state index contributed by atoms with van der Waals surface area (Å²) in [4.78, 5) is 33.7. The number of hydrogen-bond donors (Lipinski definition) is 1. The molecular weight excluding hydrogens is 385 g/mol. The van der Waals surface area contributed by atoms with E-state index >= 15 is 0 Å². The quantitative estimate of drug-likeness (QED) is 0.682. The van der Waals surface area contributed by atoms with Crippen molar-refractivity contribution in [1.29, 1.82) is 0 Å². The molecule has 152 valence electrons. The van der Waals surface area contributed by atoms with Gasteiger partial charge in [0.25, 0.3) is 11.5 Å². The van der Waals surface area contributed by atoms with Gasteiger partial charge in [0.2, 0.25) is 0 Å². The standard InChI is InChI=1S/C20H19F3N4O2/c1-2-3-11-27-17-15(5-4-10-24-17)26-16(19(27)29)18(28)25-12-13-6-8-14(9-7-13)20(21,22)23/h4-10H,2-3,11-12H2,1H3,(H,25,28). The van der Waals surface area contributed by atoms with Crippen LogP contribution in [0.25, 0.3) is 11.2 Å². The number of benzene rings is 1. The Hall–Kier alpha value is -3.23. The minimum absolute atomic E-state index is 0.0296. The molecule has 9 heteroatoms. The van der Waals surface area contributed by atoms with Gasteiger partial charge in [0, 0.05) is 19.3 Å². The van der Waals surface area contributed by atoms with Gasteiger partial charge in [-0.1, -0.05) is 25.5 Å². The minimum Gasteiger partial charge on any atom is -0.346 e. The van der Waals surface area contributed by atoms with Crippen molar-refractivity contribution in [3.63, 3.8) is 0 Å². The number of halogens is 3. The van der Waals surface area contributed by atoms with Gasteiger partial charge in [-0.2, -0.15) is 13.2 Å². The fourth-order valence-corrected chi connectivity index (χ4v) is 2.83. The van der Waals surface area contributed by atoms with Gasteiger partial charge < -0.3 is 5.32 Å². The Morgan fingerprint density at radius 2 is 1.90 bits per heavy atom. The number of hydrogen-bond acceptors (Lipinski definition) is 4. The van der Waals surface area contributed by atoms with Crippen molar-refractivity contribution in [3.8, 4) is 0 Å². The van der Waals surface area contributed by atoms with Crippen molar-refractivity contribution < 1.29 is 18.0 Å². The highest BCUT2D eigenvalue weighted by Crippen LogP contribution is 2.29. The Labute approximate surface area is 164 Å². The van der Waals surface area contributed by atoms with Crippen LogP contribution in [0.1, 0.15) is 41.4 Å². The molecule has 1 N–H and O–H groups in total. The summed E-state index contributed by atoms with van der Waals surface area (Å²) in [7, 11) is 0. The second kappa shape index (κ2) is 8.42. The van der Waals surface area contributed by atoms with E-state index in [0.717, 1.165) is 25.0 Å². The largest absolute Gasteiger partial charge is 0.416 e. The van der Waals surface area contributed by atoms with Crippen LogP contribution in [-0.2, 0) is 19.3 Å². The molecule has 0 aliphatic carbocycles. The molecule has 0 aliphatic rings. The molecule has 0 spiro atoms. The fraction of sp³-hybridized carbons (Fsp3) is 0.300. The van der Waals surface area contributed by atoms with Gasteiger partial charge >= 0.3 is 6.18 Å². The lowest BCUT2D eigenvalue weighted by atomic mass is 10.1. The van der Waals surface area contributed by atoms with Gasteiger partial charge in [-0.25, -0.2) is 9.97 Å². The molecule has 0 unspecified atom stereocenters. The lowest BCUT2D eigenvalue weighted by Gasteiger charge is -2.11. The number of carbonyl (C=O) groups is 1. The van der Waals surface area contributed by atoms with Crippen LogP contribution >= 0.6 is 0 Å². The molecule has 6 nitrogen and oxygen atoms in total. The Kier molecular flexibility index (Phi) is 5.95. The lowest BCUT2D eigenvalue weighted by Crippen LogP contribution is -2.35. The Balaban J connectivity index is 1.83. The molecule has 2 heterocycles. The van der Waals surface area contributed by atoms with Gasteiger partial charge in [0.05, 0.1) is 5.56 Å². The summed E-state index contributed by atoms with van der Waals surface area (Å²) in [6.07, 6.45) is -1.27. The highest BCUT2D eigenvalue weighted by Gasteiger charge is 2.29. The van der Waals surface area contributed by atoms with E-state index in [2.05, 4.69) is 15.3 Å². The first-order valence-electron chi connectivity index (χ1n) is 9.11. The molecule has 3 aromatic rings. The van der Waals surface area contributed by atoms with Crippen molar-refractivity contribution in [1.82, 2.24) is 19.9 Å². The molecule has 29 heavy (non-hydrogen) atoms. The molecule has 1 amide bonds. The third-order valence-electron chi connectivity index (χ3n) is 4.39. The predicted octanol–water partition coefficient (Wildman–Crippen LogP) is 3.54. The topological polar surface area (TPSA) is 76.9 Å². The number of nitrogens with zero attached hydrogens (tertiary/aromatic N) is 3. The van der Waals surface area contributed by atoms with Crippen LogP contribution in [0.5, 0.6) is 0 Å². The van der Waals surface area contributed by atoms with Gasteiger partial charge in [-0.05, 0) is 36.2 Å². The molecule has 0 saturated heterocycles. The number of aryl methyl sites for hydroxylation is 1. The average molecular weight is 404 g/mol. The zero-order valence-electron chi connectivity index (χ0n) is 15.7. The Bertz CT molecular complexity index is 1080. The van der Waals surface area contributed by atoms with Crippen molar-refractivity contribution >= 4 is 17.1 Å². The second-order valence-corrected chi connectivity index (χ2v) is 6.49. The van der Waals surface area contributed by atoms with E-state index < -0.39 is 23.2 Å². The maximum Gasteiger partial charge on any atom is 0.416 e. The van der Waals surface area contributed by atoms with E-state index in [1.165, 1.54) is 16.7 Å². The first kappa shape index (κ1) is 20.5. The van der Waals surface area contributed by atoms with Gasteiger partial charge in [0.15, 0.2) is 11.3 Å². The number of aromatic nitrogens is 3. The summed E-state index contributed by atoms with van der Waals surface area (Å²) in [5.74, 6) is -0.689. The van der Waals surface area contributed by atoms with E-state index in [0.29, 0.717) is 23.3 Å². The van der Waals surface area contributed by atoms with Gasteiger partial charge in [0.1, 0.15) is 5.52 Å². The zero-order valence-corrected chi connectivity index (χ0v) is 15.7. The van der Waals surface area contributed by atoms with E-state index in [9.17, 15) is 22.8 Å². The minimum atomic E-state index is -4.42. The normalized spacial score (nSPS) is 11.6. The van der Waals surface area contributed by atoms with E-state index in [4.69, 9.17) is 0 Å². The molecule has 0 atom stereocenters. The molecule has 3 rings (SSSR count). The predicted molar refractivity (Wildman–Crippen MR) is 101 cm³/mol. The van der Waals surface area contributed by atoms with E-state index in [1.54, 1.807) is 18.3 Å². The zero-order chi connectivity index (χ0) is 21.0. The average Bonchev–Trinajstić information content (AvgIpc) is 2.70. The number of rotatable bonds is 6. The fourth-order valence-electron chi connectivity index (χ4n) is 2.83. The number of nitrogens with one attached hydrogen (secondary N) is 1. The molecule has 0 radical (unpaired) electrons. The smallest absolute Gasteiger partial charge is 0.346 e. The SMILES string of the molecule is CCCCn1c(=O)c(C(=O)NCc2ccc(C(F)(F)F)cc2)nc2cccnc21. The Morgan fingerprint density at radius 3 is 2.55 bits per heavy atom. The Morgan fingerprint density at radius 1 is 1.17 bits per heavy atom. The lowest BCUT2D eigenvalue weighted by molar-refractivity contribution is -0.137. The summed E-state index contributed by atoms with van der Waals surface area (Å²) in [6, 6.07) is 7.77. The van der Waals surface area contributed by atoms with Gasteiger partial charge in [-0.3, -0.25) is 14.2 Å². The molecule has 2 aromatic heterocycles. The number of alkyl halides is 3. The maximum atomic E-state index is 12.8. The first-order chi connectivity index (χ1) is 13.8. The number of carbonyl (C=O) groups excluding carboxylic acids is 1. The third kappa shape index (κ3) is 4.61. The third-order valence-corrected chi connectivity index (χ3v) is 4.39. The number of unbranched alkanes of at least 4 members (excludes halogenated alkanes) is 1. The molecule has 0 fully saturated rings. The van der Waals surface area contributed by atoms with Crippen molar-refractivity contribution in [2.75, 3.05) is 0 Å². The van der Waals surface area contributed by atoms with Crippen molar-refractivity contribution in [3.05, 3.63) is 69.8 Å². The molecule has 0 aliphatic heterocycles. The number of fused-ring (bicyclic) bond motifs is 1. The van der Waals surface area contributed by atoms with E-state index in [1.807, 2.05) is 6.92 Å². The first-order valence-corrected chi connectivity index (χ1v) is 9.11. The van der Waals surface area contributed by atoms with Gasteiger partial charge in [-0.15, -0.1) is 0 Å². The summed E-state index contributed by atoms with van der Waals surface area (Å²) in [5, 5.41) is 2.55. The summed E-state index contributed by atoms with van der Waals surface area (Å²) < 4.78 is 39.3. The van der Waals surface area contributed by atoms with Crippen molar-refractivity contribution in [2.24, 2.45) is 0 Å². The highest BCUT2D eigenvalue weighted by atomic mass is 19.4. The second-order valence-electron chi connectivity index (χ2n) is 6.49. The van der Waals surface area contributed by atoms with Crippen LogP contribution in [0.4, 0.5) is 13.2 Å². The van der Waals surface area contributed by atoms with Crippen LogP contribution in [-0.4, -0.2) is 20.4 Å². The van der Waals surface area contributed by atoms with Crippen LogP contribution in [0.3, 0.4) is 0 Å².